The lowest BCUT2D eigenvalue weighted by atomic mass is 9.94. The zero-order chi connectivity index (χ0) is 35.1. The van der Waals surface area contributed by atoms with Gasteiger partial charge < -0.3 is 4.57 Å². The van der Waals surface area contributed by atoms with E-state index in [4.69, 9.17) is 15.0 Å². The first-order valence-electron chi connectivity index (χ1n) is 17.9. The largest absolute Gasteiger partial charge is 0.309 e. The van der Waals surface area contributed by atoms with Crippen LogP contribution in [0.15, 0.2) is 194 Å². The van der Waals surface area contributed by atoms with Crippen molar-refractivity contribution >= 4 is 32.6 Å². The van der Waals surface area contributed by atoms with Gasteiger partial charge in [0, 0.05) is 33.2 Å². The lowest BCUT2D eigenvalue weighted by molar-refractivity contribution is 1.08. The Kier molecular flexibility index (Phi) is 7.43. The quantitative estimate of drug-likeness (QED) is 0.176. The van der Waals surface area contributed by atoms with Crippen LogP contribution in [0.2, 0.25) is 0 Å². The maximum atomic E-state index is 5.13. The molecule has 0 unspecified atom stereocenters. The molecule has 8 aromatic carbocycles. The predicted octanol–water partition coefficient (Wildman–Crippen LogP) is 12.5. The summed E-state index contributed by atoms with van der Waals surface area (Å²) in [6, 6.07) is 68.1. The highest BCUT2D eigenvalue weighted by atomic mass is 15.0. The fourth-order valence-corrected chi connectivity index (χ4v) is 7.54. The summed E-state index contributed by atoms with van der Waals surface area (Å²) in [6.07, 6.45) is 0. The fourth-order valence-electron chi connectivity index (χ4n) is 7.54. The molecule has 4 heteroatoms. The van der Waals surface area contributed by atoms with E-state index in [0.29, 0.717) is 17.5 Å². The normalized spacial score (nSPS) is 11.4. The molecule has 0 fully saturated rings. The van der Waals surface area contributed by atoms with Gasteiger partial charge in [-0.2, -0.15) is 0 Å². The van der Waals surface area contributed by atoms with Crippen LogP contribution in [0.5, 0.6) is 0 Å². The van der Waals surface area contributed by atoms with Gasteiger partial charge in [0.2, 0.25) is 0 Å². The molecule has 0 N–H and O–H groups in total. The molecule has 0 saturated heterocycles. The Hall–Kier alpha value is -7.17. The smallest absolute Gasteiger partial charge is 0.164 e. The molecule has 10 aromatic rings. The van der Waals surface area contributed by atoms with Gasteiger partial charge in [-0.15, -0.1) is 0 Å². The van der Waals surface area contributed by atoms with Crippen LogP contribution < -0.4 is 0 Å². The molecule has 0 amide bonds. The number of nitrogens with zero attached hydrogens (tertiary/aromatic N) is 4. The molecule has 0 bridgehead atoms. The first-order chi connectivity index (χ1) is 26.3. The minimum absolute atomic E-state index is 0.635. The number of hydrogen-bond donors (Lipinski definition) is 0. The molecule has 4 nitrogen and oxygen atoms in total. The SMILES string of the molecule is c1ccc(-c2nc(-c3ccc(-c4cccc(-n5c6ccccc6c6ccccc65)c4)cc3)nc(-c3ccc(-c4ccccc4)c4ccccc34)n2)cc1. The topological polar surface area (TPSA) is 43.6 Å². The average Bonchev–Trinajstić information content (AvgIpc) is 3.58. The first-order valence-corrected chi connectivity index (χ1v) is 17.9. The number of aromatic nitrogens is 4. The van der Waals surface area contributed by atoms with Crippen molar-refractivity contribution in [1.82, 2.24) is 19.5 Å². The second kappa shape index (κ2) is 12.9. The van der Waals surface area contributed by atoms with Gasteiger partial charge in [0.15, 0.2) is 17.5 Å². The second-order valence-electron chi connectivity index (χ2n) is 13.2. The highest BCUT2D eigenvalue weighted by Crippen LogP contribution is 2.37. The van der Waals surface area contributed by atoms with E-state index >= 15 is 0 Å². The standard InChI is InChI=1S/C49H32N4/c1-3-14-34(15-4-1)39-30-31-44(41-21-8-7-20-40(39)41)49-51-47(35-16-5-2-6-17-35)50-48(52-49)36-28-26-33(27-29-36)37-18-13-19-38(32-37)53-45-24-11-9-22-42(45)43-23-10-12-25-46(43)53/h1-32H. The lowest BCUT2D eigenvalue weighted by Gasteiger charge is -2.13. The molecule has 0 atom stereocenters. The average molecular weight is 677 g/mol. The van der Waals surface area contributed by atoms with Gasteiger partial charge in [-0.1, -0.05) is 164 Å². The van der Waals surface area contributed by atoms with Gasteiger partial charge in [-0.05, 0) is 63.4 Å². The third-order valence-electron chi connectivity index (χ3n) is 10.1. The van der Waals surface area contributed by atoms with Gasteiger partial charge in [-0.25, -0.2) is 15.0 Å². The number of hydrogen-bond acceptors (Lipinski definition) is 3. The monoisotopic (exact) mass is 676 g/mol. The van der Waals surface area contributed by atoms with Gasteiger partial charge in [-0.3, -0.25) is 0 Å². The van der Waals surface area contributed by atoms with E-state index in [0.717, 1.165) is 44.3 Å². The zero-order valence-electron chi connectivity index (χ0n) is 28.8. The van der Waals surface area contributed by atoms with Gasteiger partial charge in [0.05, 0.1) is 11.0 Å². The summed E-state index contributed by atoms with van der Waals surface area (Å²) >= 11 is 0. The van der Waals surface area contributed by atoms with Crippen molar-refractivity contribution in [2.75, 3.05) is 0 Å². The Morgan fingerprint density at radius 3 is 1.38 bits per heavy atom. The van der Waals surface area contributed by atoms with Gasteiger partial charge >= 0.3 is 0 Å². The summed E-state index contributed by atoms with van der Waals surface area (Å²) in [4.78, 5) is 15.2. The van der Waals surface area contributed by atoms with Crippen LogP contribution in [0.4, 0.5) is 0 Å². The third kappa shape index (κ3) is 5.45. The first kappa shape index (κ1) is 30.6. The molecule has 0 aliphatic carbocycles. The predicted molar refractivity (Wildman–Crippen MR) is 219 cm³/mol. The number of fused-ring (bicyclic) bond motifs is 4. The summed E-state index contributed by atoms with van der Waals surface area (Å²) in [7, 11) is 0. The molecule has 0 aliphatic heterocycles. The van der Waals surface area contributed by atoms with Gasteiger partial charge in [0.1, 0.15) is 0 Å². The fraction of sp³-hybridized carbons (Fsp3) is 0. The molecule has 0 saturated carbocycles. The highest BCUT2D eigenvalue weighted by molar-refractivity contribution is 6.09. The van der Waals surface area contributed by atoms with E-state index < -0.39 is 0 Å². The number of benzene rings is 8. The molecule has 0 aliphatic rings. The van der Waals surface area contributed by atoms with Crippen molar-refractivity contribution in [3.63, 3.8) is 0 Å². The second-order valence-corrected chi connectivity index (χ2v) is 13.2. The maximum absolute atomic E-state index is 5.13. The Morgan fingerprint density at radius 1 is 0.283 bits per heavy atom. The van der Waals surface area contributed by atoms with Crippen molar-refractivity contribution in [3.05, 3.63) is 194 Å². The summed E-state index contributed by atoms with van der Waals surface area (Å²) in [5.41, 5.74) is 11.0. The maximum Gasteiger partial charge on any atom is 0.164 e. The van der Waals surface area contributed by atoms with Crippen molar-refractivity contribution in [2.45, 2.75) is 0 Å². The molecular weight excluding hydrogens is 645 g/mol. The Labute approximate surface area is 307 Å². The Bertz CT molecular complexity index is 2880. The molecule has 53 heavy (non-hydrogen) atoms. The van der Waals surface area contributed by atoms with Crippen molar-refractivity contribution in [1.29, 1.82) is 0 Å². The number of rotatable bonds is 6. The Morgan fingerprint density at radius 2 is 0.736 bits per heavy atom. The van der Waals surface area contributed by atoms with Gasteiger partial charge in [0.25, 0.3) is 0 Å². The zero-order valence-corrected chi connectivity index (χ0v) is 28.8. The van der Waals surface area contributed by atoms with Crippen LogP contribution in [0.1, 0.15) is 0 Å². The van der Waals surface area contributed by atoms with Crippen LogP contribution in [0.3, 0.4) is 0 Å². The molecular formula is C49H32N4. The molecule has 10 rings (SSSR count). The third-order valence-corrected chi connectivity index (χ3v) is 10.1. The van der Waals surface area contributed by atoms with E-state index in [1.165, 1.54) is 32.9 Å². The van der Waals surface area contributed by atoms with Crippen molar-refractivity contribution < 1.29 is 0 Å². The van der Waals surface area contributed by atoms with E-state index in [2.05, 4.69) is 162 Å². The van der Waals surface area contributed by atoms with E-state index in [1.807, 2.05) is 36.4 Å². The molecule has 0 radical (unpaired) electrons. The summed E-state index contributed by atoms with van der Waals surface area (Å²) in [5, 5.41) is 4.77. The minimum Gasteiger partial charge on any atom is -0.309 e. The highest BCUT2D eigenvalue weighted by Gasteiger charge is 2.17. The molecule has 2 heterocycles. The summed E-state index contributed by atoms with van der Waals surface area (Å²) in [6.45, 7) is 0. The van der Waals surface area contributed by atoms with E-state index in [1.54, 1.807) is 0 Å². The summed E-state index contributed by atoms with van der Waals surface area (Å²) in [5.74, 6) is 1.92. The van der Waals surface area contributed by atoms with Crippen LogP contribution in [0, 0.1) is 0 Å². The van der Waals surface area contributed by atoms with E-state index in [9.17, 15) is 0 Å². The van der Waals surface area contributed by atoms with Crippen LogP contribution >= 0.6 is 0 Å². The molecule has 248 valence electrons. The summed E-state index contributed by atoms with van der Waals surface area (Å²) < 4.78 is 2.36. The molecule has 2 aromatic heterocycles. The Balaban J connectivity index is 1.07. The van der Waals surface area contributed by atoms with Crippen LogP contribution in [-0.2, 0) is 0 Å². The van der Waals surface area contributed by atoms with E-state index in [-0.39, 0.29) is 0 Å². The van der Waals surface area contributed by atoms with Crippen LogP contribution in [0.25, 0.3) is 94.7 Å². The van der Waals surface area contributed by atoms with Crippen molar-refractivity contribution in [3.8, 4) is 62.1 Å². The van der Waals surface area contributed by atoms with Crippen molar-refractivity contribution in [2.24, 2.45) is 0 Å². The minimum atomic E-state index is 0.635. The molecule has 0 spiro atoms. The lowest BCUT2D eigenvalue weighted by Crippen LogP contribution is -2.00. The van der Waals surface area contributed by atoms with Crippen LogP contribution in [-0.4, -0.2) is 19.5 Å². The number of para-hydroxylation sites is 2.